The van der Waals surface area contributed by atoms with Crippen molar-refractivity contribution in [2.45, 2.75) is 11.8 Å². The van der Waals surface area contributed by atoms with E-state index in [4.69, 9.17) is 4.74 Å². The van der Waals surface area contributed by atoms with Gasteiger partial charge in [-0.05, 0) is 43.1 Å². The van der Waals surface area contributed by atoms with Crippen LogP contribution in [0.25, 0.3) is 16.8 Å². The molecule has 1 atom stereocenters. The van der Waals surface area contributed by atoms with Gasteiger partial charge in [-0.25, -0.2) is 22.4 Å². The van der Waals surface area contributed by atoms with Crippen LogP contribution in [-0.4, -0.2) is 32.1 Å². The molecule has 3 N–H and O–H groups in total. The van der Waals surface area contributed by atoms with Crippen LogP contribution in [0.4, 0.5) is 30.2 Å². The van der Waals surface area contributed by atoms with Gasteiger partial charge in [0.1, 0.15) is 22.4 Å². The van der Waals surface area contributed by atoms with Gasteiger partial charge in [0.25, 0.3) is 0 Å². The lowest BCUT2D eigenvalue weighted by Crippen LogP contribution is -2.16. The van der Waals surface area contributed by atoms with Gasteiger partial charge in [0.05, 0.1) is 69.4 Å². The molecular formula is C26H21F3N6O2S. The minimum absolute atomic E-state index is 0.0820. The molecule has 0 fully saturated rings. The van der Waals surface area contributed by atoms with E-state index in [0.717, 1.165) is 41.3 Å². The molecule has 1 aliphatic rings. The second-order valence-corrected chi connectivity index (χ2v) is 10.3. The molecule has 3 heterocycles. The van der Waals surface area contributed by atoms with E-state index in [1.54, 1.807) is 0 Å². The third-order valence-electron chi connectivity index (χ3n) is 5.81. The first-order valence-electron chi connectivity index (χ1n) is 11.2. The predicted molar refractivity (Wildman–Crippen MR) is 142 cm³/mol. The van der Waals surface area contributed by atoms with Crippen LogP contribution >= 0.6 is 0 Å². The topological polar surface area (TPSA) is 101 Å². The maximum Gasteiger partial charge on any atom is 0.231 e. The maximum atomic E-state index is 15.5. The van der Waals surface area contributed by atoms with E-state index in [0.29, 0.717) is 11.5 Å². The van der Waals surface area contributed by atoms with Gasteiger partial charge < -0.3 is 20.1 Å². The molecule has 38 heavy (non-hydrogen) atoms. The summed E-state index contributed by atoms with van der Waals surface area (Å²) in [6, 6.07) is 10.6. The Hall–Kier alpha value is -4.58. The number of nitrogens with zero attached hydrogens (tertiary/aromatic N) is 3. The molecule has 1 aliphatic heterocycles. The lowest BCUT2D eigenvalue weighted by atomic mass is 10.1. The summed E-state index contributed by atoms with van der Waals surface area (Å²) in [5.41, 5.74) is 2.14. The summed E-state index contributed by atoms with van der Waals surface area (Å²) in [4.78, 5) is 12.1. The van der Waals surface area contributed by atoms with Gasteiger partial charge in [0.2, 0.25) is 5.88 Å². The summed E-state index contributed by atoms with van der Waals surface area (Å²) in [5, 5.41) is 6.51. The first-order valence-corrected chi connectivity index (χ1v) is 12.9. The van der Waals surface area contributed by atoms with Crippen LogP contribution in [0.1, 0.15) is 12.6 Å². The van der Waals surface area contributed by atoms with Crippen molar-refractivity contribution in [3.8, 4) is 17.1 Å². The molecule has 4 aromatic rings. The Morgan fingerprint density at radius 2 is 1.71 bits per heavy atom. The number of benzene rings is 2. The number of para-hydroxylation sites is 2. The Morgan fingerprint density at radius 1 is 1.00 bits per heavy atom. The standard InChI is InChI=1S/C26H21F3N6O2S/c1-14(25-33-17-6-4-5-7-18(17)34-25)20-12-31-21(13-30-20)23-16(28)8-9-19(24(23)29)35-38(3,36)22-10-15(27)11-32-26(22)37-2/h4-13,33-34H,3H2,1-2H3,(H,35,36). The van der Waals surface area contributed by atoms with Gasteiger partial charge in [-0.2, -0.15) is 0 Å². The highest BCUT2D eigenvalue weighted by Crippen LogP contribution is 2.34. The molecule has 1 unspecified atom stereocenters. The highest BCUT2D eigenvalue weighted by molar-refractivity contribution is 8.01. The first kappa shape index (κ1) is 25.1. The number of methoxy groups -OCH3 is 1. The van der Waals surface area contributed by atoms with Gasteiger partial charge in [0.15, 0.2) is 5.82 Å². The zero-order valence-electron chi connectivity index (χ0n) is 20.2. The Kier molecular flexibility index (Phi) is 6.41. The van der Waals surface area contributed by atoms with Crippen molar-refractivity contribution in [2.75, 3.05) is 22.5 Å². The Balaban J connectivity index is 1.45. The number of nitrogens with one attached hydrogen (secondary N) is 3. The number of ether oxygens (including phenoxy) is 1. The summed E-state index contributed by atoms with van der Waals surface area (Å²) >= 11 is 0. The molecular weight excluding hydrogens is 517 g/mol. The Morgan fingerprint density at radius 3 is 2.34 bits per heavy atom. The van der Waals surface area contributed by atoms with Crippen molar-refractivity contribution in [1.29, 1.82) is 0 Å². The van der Waals surface area contributed by atoms with Crippen molar-refractivity contribution in [3.05, 3.63) is 90.0 Å². The SMILES string of the molecule is C=S(=O)(Nc1ccc(F)c(-c2cnc(C(C)=C3Nc4ccccc4N3)cn2)c1F)c1cc(F)cnc1OC. The molecule has 194 valence electrons. The average molecular weight is 539 g/mol. The molecule has 2 aromatic carbocycles. The summed E-state index contributed by atoms with van der Waals surface area (Å²) in [6.07, 6.45) is 3.52. The number of anilines is 3. The summed E-state index contributed by atoms with van der Waals surface area (Å²) in [6.45, 7) is 1.83. The van der Waals surface area contributed by atoms with E-state index in [2.05, 4.69) is 36.2 Å². The second kappa shape index (κ2) is 9.71. The van der Waals surface area contributed by atoms with Crippen molar-refractivity contribution in [3.63, 3.8) is 0 Å². The number of rotatable bonds is 6. The largest absolute Gasteiger partial charge is 0.480 e. The lowest BCUT2D eigenvalue weighted by Gasteiger charge is -2.17. The van der Waals surface area contributed by atoms with Crippen LogP contribution in [0.2, 0.25) is 0 Å². The molecule has 0 radical (unpaired) electrons. The highest BCUT2D eigenvalue weighted by Gasteiger charge is 2.23. The first-order chi connectivity index (χ1) is 18.2. The van der Waals surface area contributed by atoms with Gasteiger partial charge in [-0.15, -0.1) is 0 Å². The number of pyridine rings is 1. The van der Waals surface area contributed by atoms with Crippen molar-refractivity contribution in [2.24, 2.45) is 0 Å². The lowest BCUT2D eigenvalue weighted by molar-refractivity contribution is 0.383. The van der Waals surface area contributed by atoms with E-state index in [-0.39, 0.29) is 22.2 Å². The third kappa shape index (κ3) is 4.61. The van der Waals surface area contributed by atoms with Crippen LogP contribution < -0.4 is 20.1 Å². The second-order valence-electron chi connectivity index (χ2n) is 8.30. The van der Waals surface area contributed by atoms with Gasteiger partial charge >= 0.3 is 0 Å². The van der Waals surface area contributed by atoms with Gasteiger partial charge in [-0.1, -0.05) is 12.1 Å². The van der Waals surface area contributed by atoms with E-state index >= 15 is 4.39 Å². The summed E-state index contributed by atoms with van der Waals surface area (Å²) in [5.74, 6) is 1.36. The van der Waals surface area contributed by atoms with Gasteiger partial charge in [-0.3, -0.25) is 9.97 Å². The van der Waals surface area contributed by atoms with E-state index in [9.17, 15) is 13.0 Å². The zero-order valence-corrected chi connectivity index (χ0v) is 21.0. The van der Waals surface area contributed by atoms with Crippen LogP contribution in [0.5, 0.6) is 5.88 Å². The fourth-order valence-corrected chi connectivity index (χ4v) is 5.21. The number of hydrogen-bond acceptors (Lipinski definition) is 7. The molecule has 0 aliphatic carbocycles. The fraction of sp³-hybridized carbons (Fsp3) is 0.0769. The van der Waals surface area contributed by atoms with Crippen molar-refractivity contribution >= 4 is 38.2 Å². The molecule has 8 nitrogen and oxygen atoms in total. The zero-order chi connectivity index (χ0) is 27.0. The molecule has 0 bridgehead atoms. The monoisotopic (exact) mass is 538 g/mol. The van der Waals surface area contributed by atoms with E-state index in [1.807, 2.05) is 31.2 Å². The normalized spacial score (nSPS) is 13.7. The number of allylic oxidation sites excluding steroid dienone is 1. The van der Waals surface area contributed by atoms with Crippen molar-refractivity contribution in [1.82, 2.24) is 15.0 Å². The molecule has 0 spiro atoms. The predicted octanol–water partition coefficient (Wildman–Crippen LogP) is 5.29. The van der Waals surface area contributed by atoms with Crippen LogP contribution in [0.3, 0.4) is 0 Å². The summed E-state index contributed by atoms with van der Waals surface area (Å²) < 4.78 is 64.8. The van der Waals surface area contributed by atoms with Gasteiger partial charge in [0, 0.05) is 5.57 Å². The minimum atomic E-state index is -3.56. The quantitative estimate of drug-likeness (QED) is 0.287. The highest BCUT2D eigenvalue weighted by atomic mass is 32.2. The molecule has 0 saturated carbocycles. The molecule has 0 amide bonds. The van der Waals surface area contributed by atoms with Crippen LogP contribution in [-0.2, 0) is 9.71 Å². The fourth-order valence-electron chi connectivity index (χ4n) is 3.86. The van der Waals surface area contributed by atoms with Crippen molar-refractivity contribution < 1.29 is 22.1 Å². The number of hydrogen-bond donors (Lipinski definition) is 3. The summed E-state index contributed by atoms with van der Waals surface area (Å²) in [7, 11) is -2.30. The van der Waals surface area contributed by atoms with Crippen LogP contribution in [0.15, 0.2) is 71.8 Å². The minimum Gasteiger partial charge on any atom is -0.480 e. The number of aromatic nitrogens is 3. The Bertz CT molecular complexity index is 1670. The Labute approximate surface area is 216 Å². The van der Waals surface area contributed by atoms with E-state index < -0.39 is 32.7 Å². The smallest absolute Gasteiger partial charge is 0.231 e. The van der Waals surface area contributed by atoms with E-state index in [1.165, 1.54) is 19.5 Å². The maximum absolute atomic E-state index is 15.5. The van der Waals surface area contributed by atoms with Crippen LogP contribution in [0, 0.1) is 17.5 Å². The molecule has 5 rings (SSSR count). The molecule has 0 saturated heterocycles. The molecule has 2 aromatic heterocycles. The average Bonchev–Trinajstić information content (AvgIpc) is 3.35. The molecule has 12 heteroatoms. The number of fused-ring (bicyclic) bond motifs is 1. The third-order valence-corrected chi connectivity index (χ3v) is 7.37. The number of halogens is 3.